The molecule has 1 aliphatic heterocycles. The van der Waals surface area contributed by atoms with Gasteiger partial charge < -0.3 is 10.0 Å². The Balaban J connectivity index is 1.69. The molecule has 0 aliphatic carbocycles. The molecular weight excluding hydrogens is 320 g/mol. The Labute approximate surface area is 144 Å². The SMILES string of the molecule is CN1C(=O)CCc2cc(-c3csc(-c4cccc(O)c4)n3)ccc21. The van der Waals surface area contributed by atoms with Gasteiger partial charge in [0.2, 0.25) is 5.91 Å². The van der Waals surface area contributed by atoms with Gasteiger partial charge >= 0.3 is 0 Å². The number of benzene rings is 2. The predicted octanol–water partition coefficient (Wildman–Crippen LogP) is 4.09. The van der Waals surface area contributed by atoms with Crippen LogP contribution in [-0.4, -0.2) is 23.0 Å². The fourth-order valence-electron chi connectivity index (χ4n) is 2.99. The van der Waals surface area contributed by atoms with E-state index in [0.717, 1.165) is 33.9 Å². The molecule has 2 heterocycles. The second-order valence-corrected chi connectivity index (χ2v) is 6.74. The maximum Gasteiger partial charge on any atom is 0.227 e. The minimum Gasteiger partial charge on any atom is -0.508 e. The van der Waals surface area contributed by atoms with Gasteiger partial charge in [-0.05, 0) is 36.2 Å². The average molecular weight is 336 g/mol. The van der Waals surface area contributed by atoms with Gasteiger partial charge in [-0.1, -0.05) is 18.2 Å². The van der Waals surface area contributed by atoms with Gasteiger partial charge in [-0.25, -0.2) is 4.98 Å². The fourth-order valence-corrected chi connectivity index (χ4v) is 3.82. The number of anilines is 1. The molecule has 24 heavy (non-hydrogen) atoms. The standard InChI is InChI=1S/C19H16N2O2S/c1-21-17-7-5-12(9-13(17)6-8-18(21)23)16-11-24-19(20-16)14-3-2-4-15(22)10-14/h2-5,7,9-11,22H,6,8H2,1H3. The lowest BCUT2D eigenvalue weighted by atomic mass is 9.98. The molecule has 4 nitrogen and oxygen atoms in total. The number of nitrogens with zero attached hydrogens (tertiary/aromatic N) is 2. The number of phenolic OH excluding ortho intramolecular Hbond substituents is 1. The normalized spacial score (nSPS) is 13.9. The number of thiazole rings is 1. The van der Waals surface area contributed by atoms with E-state index in [4.69, 9.17) is 4.98 Å². The van der Waals surface area contributed by atoms with Crippen LogP contribution in [0, 0.1) is 0 Å². The Hall–Kier alpha value is -2.66. The largest absolute Gasteiger partial charge is 0.508 e. The van der Waals surface area contributed by atoms with Gasteiger partial charge in [-0.2, -0.15) is 0 Å². The monoisotopic (exact) mass is 336 g/mol. The highest BCUT2D eigenvalue weighted by Crippen LogP contribution is 2.34. The number of carbonyl (C=O) groups excluding carboxylic acids is 1. The molecule has 4 rings (SSSR count). The Morgan fingerprint density at radius 2 is 2.00 bits per heavy atom. The second kappa shape index (κ2) is 5.76. The van der Waals surface area contributed by atoms with Gasteiger partial charge in [0.15, 0.2) is 0 Å². The second-order valence-electron chi connectivity index (χ2n) is 5.88. The van der Waals surface area contributed by atoms with Crippen LogP contribution in [0.4, 0.5) is 5.69 Å². The van der Waals surface area contributed by atoms with Crippen molar-refractivity contribution in [2.45, 2.75) is 12.8 Å². The first-order valence-corrected chi connectivity index (χ1v) is 8.64. The van der Waals surface area contributed by atoms with Crippen LogP contribution >= 0.6 is 11.3 Å². The molecule has 1 aliphatic rings. The highest BCUT2D eigenvalue weighted by molar-refractivity contribution is 7.13. The Bertz CT molecular complexity index is 933. The number of aryl methyl sites for hydroxylation is 1. The molecule has 0 saturated carbocycles. The molecule has 3 aromatic rings. The van der Waals surface area contributed by atoms with Crippen LogP contribution in [0.5, 0.6) is 5.75 Å². The van der Waals surface area contributed by atoms with Gasteiger partial charge in [0.05, 0.1) is 5.69 Å². The van der Waals surface area contributed by atoms with Crippen LogP contribution in [0.3, 0.4) is 0 Å². The minimum atomic E-state index is 0.162. The van der Waals surface area contributed by atoms with Crippen LogP contribution in [0.15, 0.2) is 47.8 Å². The van der Waals surface area contributed by atoms with Crippen molar-refractivity contribution in [2.24, 2.45) is 0 Å². The third-order valence-corrected chi connectivity index (χ3v) is 5.21. The Morgan fingerprint density at radius 3 is 2.83 bits per heavy atom. The lowest BCUT2D eigenvalue weighted by Gasteiger charge is -2.26. The number of rotatable bonds is 2. The van der Waals surface area contributed by atoms with Crippen LogP contribution in [0.2, 0.25) is 0 Å². The summed E-state index contributed by atoms with van der Waals surface area (Å²) < 4.78 is 0. The predicted molar refractivity (Wildman–Crippen MR) is 96.4 cm³/mol. The first-order valence-electron chi connectivity index (χ1n) is 7.76. The fraction of sp³-hybridized carbons (Fsp3) is 0.158. The van der Waals surface area contributed by atoms with Crippen molar-refractivity contribution in [2.75, 3.05) is 11.9 Å². The number of hydrogen-bond donors (Lipinski definition) is 1. The summed E-state index contributed by atoms with van der Waals surface area (Å²) in [6, 6.07) is 13.3. The summed E-state index contributed by atoms with van der Waals surface area (Å²) in [5, 5.41) is 12.5. The van der Waals surface area contributed by atoms with Crippen LogP contribution < -0.4 is 4.90 Å². The van der Waals surface area contributed by atoms with Gasteiger partial charge in [-0.3, -0.25) is 4.79 Å². The molecule has 2 aromatic carbocycles. The van der Waals surface area contributed by atoms with Crippen molar-refractivity contribution in [3.8, 4) is 27.6 Å². The zero-order valence-corrected chi connectivity index (χ0v) is 14.0. The maximum absolute atomic E-state index is 11.8. The number of aromatic hydroxyl groups is 1. The first kappa shape index (κ1) is 14.9. The molecule has 0 unspecified atom stereocenters. The Kier molecular flexibility index (Phi) is 3.58. The molecule has 0 fully saturated rings. The third kappa shape index (κ3) is 2.57. The van der Waals surface area contributed by atoms with Crippen molar-refractivity contribution >= 4 is 22.9 Å². The van der Waals surface area contributed by atoms with Crippen LogP contribution in [0.25, 0.3) is 21.8 Å². The van der Waals surface area contributed by atoms with Gasteiger partial charge in [0.1, 0.15) is 10.8 Å². The van der Waals surface area contributed by atoms with Crippen molar-refractivity contribution in [3.05, 3.63) is 53.4 Å². The molecule has 1 aromatic heterocycles. The van der Waals surface area contributed by atoms with Crippen LogP contribution in [0.1, 0.15) is 12.0 Å². The Morgan fingerprint density at radius 1 is 1.12 bits per heavy atom. The number of fused-ring (bicyclic) bond motifs is 1. The van der Waals surface area contributed by atoms with E-state index in [9.17, 15) is 9.90 Å². The number of aromatic nitrogens is 1. The van der Waals surface area contributed by atoms with E-state index in [1.54, 1.807) is 28.4 Å². The number of carbonyl (C=O) groups is 1. The quantitative estimate of drug-likeness (QED) is 0.767. The van der Waals surface area contributed by atoms with E-state index in [0.29, 0.717) is 6.42 Å². The summed E-state index contributed by atoms with van der Waals surface area (Å²) in [7, 11) is 1.82. The summed E-state index contributed by atoms with van der Waals surface area (Å²) in [4.78, 5) is 18.2. The van der Waals surface area contributed by atoms with Gasteiger partial charge in [0.25, 0.3) is 0 Å². The van der Waals surface area contributed by atoms with E-state index in [2.05, 4.69) is 6.07 Å². The molecule has 0 radical (unpaired) electrons. The molecule has 1 N–H and O–H groups in total. The van der Waals surface area contributed by atoms with Crippen molar-refractivity contribution in [1.29, 1.82) is 0 Å². The molecule has 1 amide bonds. The summed E-state index contributed by atoms with van der Waals surface area (Å²) in [6.07, 6.45) is 1.33. The average Bonchev–Trinajstić information content (AvgIpc) is 3.08. The minimum absolute atomic E-state index is 0.162. The molecule has 120 valence electrons. The zero-order valence-electron chi connectivity index (χ0n) is 13.2. The topological polar surface area (TPSA) is 53.4 Å². The summed E-state index contributed by atoms with van der Waals surface area (Å²) in [6.45, 7) is 0. The number of phenols is 1. The summed E-state index contributed by atoms with van der Waals surface area (Å²) in [5.74, 6) is 0.404. The van der Waals surface area contributed by atoms with Crippen molar-refractivity contribution < 1.29 is 9.90 Å². The van der Waals surface area contributed by atoms with E-state index < -0.39 is 0 Å². The van der Waals surface area contributed by atoms with Gasteiger partial charge in [0, 0.05) is 35.7 Å². The molecule has 0 saturated heterocycles. The van der Waals surface area contributed by atoms with Crippen molar-refractivity contribution in [1.82, 2.24) is 4.98 Å². The van der Waals surface area contributed by atoms with E-state index >= 15 is 0 Å². The molecule has 0 atom stereocenters. The van der Waals surface area contributed by atoms with E-state index in [1.165, 1.54) is 5.56 Å². The zero-order chi connectivity index (χ0) is 16.7. The maximum atomic E-state index is 11.8. The highest BCUT2D eigenvalue weighted by atomic mass is 32.1. The van der Waals surface area contributed by atoms with E-state index in [1.807, 2.05) is 36.7 Å². The van der Waals surface area contributed by atoms with Crippen molar-refractivity contribution in [3.63, 3.8) is 0 Å². The summed E-state index contributed by atoms with van der Waals surface area (Å²) >= 11 is 1.56. The van der Waals surface area contributed by atoms with Crippen LogP contribution in [-0.2, 0) is 11.2 Å². The molecule has 0 spiro atoms. The number of amides is 1. The molecular formula is C19H16N2O2S. The van der Waals surface area contributed by atoms with E-state index in [-0.39, 0.29) is 11.7 Å². The lowest BCUT2D eigenvalue weighted by Crippen LogP contribution is -2.30. The smallest absolute Gasteiger partial charge is 0.227 e. The third-order valence-electron chi connectivity index (χ3n) is 4.32. The van der Waals surface area contributed by atoms with Gasteiger partial charge in [-0.15, -0.1) is 11.3 Å². The highest BCUT2D eigenvalue weighted by Gasteiger charge is 2.21. The molecule has 5 heteroatoms. The summed E-state index contributed by atoms with van der Waals surface area (Å²) in [5.41, 5.74) is 5.05. The number of hydrogen-bond acceptors (Lipinski definition) is 4. The first-order chi connectivity index (χ1) is 11.6. The lowest BCUT2D eigenvalue weighted by molar-refractivity contribution is -0.118. The molecule has 0 bridgehead atoms.